The maximum Gasteiger partial charge on any atom is 0.129 e. The average Bonchev–Trinajstić information content (AvgIpc) is 2.94. The number of methoxy groups -OCH3 is 1. The molecule has 1 aliphatic rings. The molecule has 0 saturated carbocycles. The van der Waals surface area contributed by atoms with E-state index in [2.05, 4.69) is 9.98 Å². The molecule has 0 spiro atoms. The number of aliphatic imine (C=N–C) groups is 1. The molecule has 1 aromatic heterocycles. The van der Waals surface area contributed by atoms with Gasteiger partial charge in [0.05, 0.1) is 24.2 Å². The van der Waals surface area contributed by atoms with Gasteiger partial charge in [0, 0.05) is 23.7 Å². The normalized spacial score (nSPS) is 14.3. The summed E-state index contributed by atoms with van der Waals surface area (Å²) in [6.07, 6.45) is 2.17. The van der Waals surface area contributed by atoms with Gasteiger partial charge in [0.15, 0.2) is 0 Å². The quantitative estimate of drug-likeness (QED) is 0.855. The van der Waals surface area contributed by atoms with Crippen LogP contribution in [0.3, 0.4) is 0 Å². The Morgan fingerprint density at radius 2 is 1.96 bits per heavy atom. The molecule has 0 unspecified atom stereocenters. The molecule has 0 saturated heterocycles. The second-order valence-electron chi connectivity index (χ2n) is 6.17. The lowest BCUT2D eigenvalue weighted by Crippen LogP contribution is -2.15. The fourth-order valence-corrected chi connectivity index (χ4v) is 4.41. The summed E-state index contributed by atoms with van der Waals surface area (Å²) in [5.74, 6) is 0.795. The predicted molar refractivity (Wildman–Crippen MR) is 98.8 cm³/mol. The van der Waals surface area contributed by atoms with E-state index in [-0.39, 0.29) is 5.75 Å². The molecule has 2 aromatic rings. The van der Waals surface area contributed by atoms with Crippen molar-refractivity contribution in [3.8, 4) is 5.75 Å². The van der Waals surface area contributed by atoms with Crippen molar-refractivity contribution < 1.29 is 13.8 Å². The van der Waals surface area contributed by atoms with E-state index in [1.165, 1.54) is 0 Å². The number of pyridine rings is 1. The first-order valence-corrected chi connectivity index (χ1v) is 9.45. The molecule has 5 nitrogen and oxygen atoms in total. The van der Waals surface area contributed by atoms with E-state index >= 15 is 0 Å². The number of fused-ring (bicyclic) bond motifs is 1. The Balaban J connectivity index is 1.89. The van der Waals surface area contributed by atoms with E-state index in [0.29, 0.717) is 17.2 Å². The third-order valence-electron chi connectivity index (χ3n) is 4.29. The van der Waals surface area contributed by atoms with Gasteiger partial charge in [-0.3, -0.25) is 14.1 Å². The van der Waals surface area contributed by atoms with Gasteiger partial charge >= 0.3 is 0 Å². The van der Waals surface area contributed by atoms with Crippen LogP contribution in [0.5, 0.6) is 5.75 Å². The lowest BCUT2D eigenvalue weighted by Gasteiger charge is -2.32. The lowest BCUT2D eigenvalue weighted by atomic mass is 10.1. The maximum absolute atomic E-state index is 10.7. The Labute approximate surface area is 143 Å². The molecular formula is C18H22N2O3S. The number of nitrogens with zero attached hydrogens (tertiary/aromatic N) is 2. The number of hydrogen-bond acceptors (Lipinski definition) is 5. The third kappa shape index (κ3) is 3.05. The fraction of sp³-hybridized carbons (Fsp3) is 0.333. The topological polar surface area (TPSA) is 74.9 Å². The van der Waals surface area contributed by atoms with Crippen LogP contribution in [0.2, 0.25) is 0 Å². The Bertz CT molecular complexity index is 831. The molecule has 0 bridgehead atoms. The van der Waals surface area contributed by atoms with Crippen molar-refractivity contribution in [3.05, 3.63) is 52.3 Å². The Morgan fingerprint density at radius 3 is 2.67 bits per heavy atom. The van der Waals surface area contributed by atoms with Gasteiger partial charge in [-0.05, 0) is 38.0 Å². The van der Waals surface area contributed by atoms with Crippen molar-refractivity contribution >= 4 is 21.3 Å². The maximum atomic E-state index is 10.7. The first kappa shape index (κ1) is 17.0. The summed E-state index contributed by atoms with van der Waals surface area (Å²) in [7, 11) is -1.41. The van der Waals surface area contributed by atoms with Crippen LogP contribution < -0.4 is 4.74 Å². The van der Waals surface area contributed by atoms with Gasteiger partial charge in [0.2, 0.25) is 0 Å². The van der Waals surface area contributed by atoms with Crippen LogP contribution in [0, 0.1) is 20.8 Å². The second-order valence-corrected chi connectivity index (χ2v) is 8.27. The molecular weight excluding hydrogens is 324 g/mol. The molecule has 1 aliphatic heterocycles. The molecule has 0 amide bonds. The summed E-state index contributed by atoms with van der Waals surface area (Å²) in [4.78, 5) is 8.84. The third-order valence-corrected chi connectivity index (χ3v) is 5.96. The van der Waals surface area contributed by atoms with Crippen molar-refractivity contribution in [3.63, 3.8) is 0 Å². The molecule has 0 radical (unpaired) electrons. The zero-order chi connectivity index (χ0) is 17.5. The summed E-state index contributed by atoms with van der Waals surface area (Å²) in [5, 5.41) is 0.434. The van der Waals surface area contributed by atoms with E-state index < -0.39 is 10.6 Å². The lowest BCUT2D eigenvalue weighted by molar-refractivity contribution is 0.407. The standard InChI is InChI=1S/C18H22N2O3S/c1-11-5-6-14-8-17(20-15(14)7-11)24(21,22)10-16-13(3)18(23-4)12(2)9-19-16/h5-7,9,21-22H,8,10H2,1-4H3. The van der Waals surface area contributed by atoms with E-state index in [1.54, 1.807) is 13.3 Å². The minimum atomic E-state index is -3.02. The van der Waals surface area contributed by atoms with Crippen LogP contribution in [0.15, 0.2) is 29.4 Å². The monoisotopic (exact) mass is 346 g/mol. The molecule has 6 heteroatoms. The van der Waals surface area contributed by atoms with Gasteiger partial charge in [-0.1, -0.05) is 12.1 Å². The molecule has 24 heavy (non-hydrogen) atoms. The fourth-order valence-electron chi connectivity index (χ4n) is 2.94. The van der Waals surface area contributed by atoms with Gasteiger partial charge in [-0.15, -0.1) is 0 Å². The highest BCUT2D eigenvalue weighted by Crippen LogP contribution is 2.49. The minimum absolute atomic E-state index is 0.0568. The van der Waals surface area contributed by atoms with E-state index in [4.69, 9.17) is 4.74 Å². The highest BCUT2D eigenvalue weighted by molar-refractivity contribution is 8.36. The van der Waals surface area contributed by atoms with E-state index in [0.717, 1.165) is 33.7 Å². The first-order chi connectivity index (χ1) is 11.3. The van der Waals surface area contributed by atoms with Gasteiger partial charge in [0.25, 0.3) is 0 Å². The number of rotatable bonds is 3. The van der Waals surface area contributed by atoms with Crippen LogP contribution in [0.25, 0.3) is 0 Å². The zero-order valence-corrected chi connectivity index (χ0v) is 15.1. The average molecular weight is 346 g/mol. The highest BCUT2D eigenvalue weighted by Gasteiger charge is 2.28. The largest absolute Gasteiger partial charge is 0.496 e. The first-order valence-electron chi connectivity index (χ1n) is 7.74. The van der Waals surface area contributed by atoms with Crippen molar-refractivity contribution in [2.24, 2.45) is 4.99 Å². The van der Waals surface area contributed by atoms with Crippen molar-refractivity contribution in [1.82, 2.24) is 4.98 Å². The Hall–Kier alpha value is -1.89. The predicted octanol–water partition coefficient (Wildman–Crippen LogP) is 4.55. The Kier molecular flexibility index (Phi) is 4.38. The van der Waals surface area contributed by atoms with Crippen molar-refractivity contribution in [2.45, 2.75) is 32.9 Å². The number of aryl methyl sites for hydroxylation is 2. The molecule has 0 fully saturated rings. The number of ether oxygens (including phenoxy) is 1. The van der Waals surface area contributed by atoms with Crippen LogP contribution in [0.1, 0.15) is 27.9 Å². The molecule has 1 aromatic carbocycles. The van der Waals surface area contributed by atoms with Crippen LogP contribution in [0.4, 0.5) is 5.69 Å². The highest BCUT2D eigenvalue weighted by atomic mass is 32.3. The van der Waals surface area contributed by atoms with Crippen LogP contribution in [-0.4, -0.2) is 26.2 Å². The molecule has 3 rings (SSSR count). The molecule has 128 valence electrons. The smallest absolute Gasteiger partial charge is 0.129 e. The number of benzene rings is 1. The van der Waals surface area contributed by atoms with Gasteiger partial charge in [0.1, 0.15) is 10.8 Å². The van der Waals surface area contributed by atoms with Gasteiger partial charge in [-0.2, -0.15) is 10.6 Å². The van der Waals surface area contributed by atoms with Crippen molar-refractivity contribution in [2.75, 3.05) is 7.11 Å². The number of aromatic nitrogens is 1. The van der Waals surface area contributed by atoms with Crippen LogP contribution in [-0.2, 0) is 12.2 Å². The SMILES string of the molecule is COc1c(C)cnc(CS(O)(O)C2=Nc3cc(C)ccc3C2)c1C. The molecule has 2 heterocycles. The van der Waals surface area contributed by atoms with E-state index in [9.17, 15) is 9.11 Å². The summed E-state index contributed by atoms with van der Waals surface area (Å²) in [6, 6.07) is 5.98. The summed E-state index contributed by atoms with van der Waals surface area (Å²) in [6.45, 7) is 5.80. The second kappa shape index (κ2) is 6.20. The number of hydrogen-bond donors (Lipinski definition) is 2. The van der Waals surface area contributed by atoms with Gasteiger partial charge < -0.3 is 4.74 Å². The van der Waals surface area contributed by atoms with E-state index in [1.807, 2.05) is 39.0 Å². The summed E-state index contributed by atoms with van der Waals surface area (Å²) < 4.78 is 26.8. The van der Waals surface area contributed by atoms with Crippen LogP contribution >= 0.6 is 10.6 Å². The zero-order valence-electron chi connectivity index (χ0n) is 14.3. The summed E-state index contributed by atoms with van der Waals surface area (Å²) in [5.41, 5.74) is 5.36. The van der Waals surface area contributed by atoms with Gasteiger partial charge in [-0.25, -0.2) is 4.99 Å². The molecule has 0 atom stereocenters. The molecule has 2 N–H and O–H groups in total. The Morgan fingerprint density at radius 1 is 1.21 bits per heavy atom. The summed E-state index contributed by atoms with van der Waals surface area (Å²) >= 11 is 0. The molecule has 0 aliphatic carbocycles. The van der Waals surface area contributed by atoms with Crippen molar-refractivity contribution in [1.29, 1.82) is 0 Å². The minimum Gasteiger partial charge on any atom is -0.496 e.